The molecule has 2 aromatic rings. The Balaban J connectivity index is 2.61. The van der Waals surface area contributed by atoms with E-state index in [2.05, 4.69) is 5.32 Å². The summed E-state index contributed by atoms with van der Waals surface area (Å²) in [5, 5.41) is 21.6. The van der Waals surface area contributed by atoms with Crippen molar-refractivity contribution in [3.63, 3.8) is 0 Å². The fourth-order valence-corrected chi connectivity index (χ4v) is 2.19. The molecule has 0 aliphatic carbocycles. The van der Waals surface area contributed by atoms with E-state index >= 15 is 0 Å². The van der Waals surface area contributed by atoms with Crippen LogP contribution in [0.4, 0.5) is 5.69 Å². The Morgan fingerprint density at radius 3 is 2.17 bits per heavy atom. The summed E-state index contributed by atoms with van der Waals surface area (Å²) in [6.45, 7) is 2.92. The maximum Gasteiger partial charge on any atom is 0.336 e. The lowest BCUT2D eigenvalue weighted by atomic mass is 9.96. The largest absolute Gasteiger partial charge is 0.508 e. The van der Waals surface area contributed by atoms with Crippen molar-refractivity contribution in [1.29, 1.82) is 0 Å². The van der Waals surface area contributed by atoms with Crippen LogP contribution in [0.3, 0.4) is 0 Å². The Morgan fingerprint density at radius 2 is 1.61 bits per heavy atom. The van der Waals surface area contributed by atoms with Gasteiger partial charge >= 0.3 is 5.97 Å². The lowest BCUT2D eigenvalue weighted by Crippen LogP contribution is -2.14. The lowest BCUT2D eigenvalue weighted by Gasteiger charge is -2.13. The Labute approximate surface area is 132 Å². The first-order valence-corrected chi connectivity index (χ1v) is 6.79. The highest BCUT2D eigenvalue weighted by Gasteiger charge is 2.21. The molecule has 6 nitrogen and oxygen atoms in total. The van der Waals surface area contributed by atoms with Crippen LogP contribution in [0.25, 0.3) is 0 Å². The molecule has 3 N–H and O–H groups in total. The maximum atomic E-state index is 12.7. The summed E-state index contributed by atoms with van der Waals surface area (Å²) in [6.07, 6.45) is 0. The van der Waals surface area contributed by atoms with Crippen LogP contribution in [0, 0.1) is 6.92 Å². The number of aromatic hydroxyl groups is 1. The molecule has 1 amide bonds. The molecule has 0 spiro atoms. The van der Waals surface area contributed by atoms with Crippen molar-refractivity contribution in [2.24, 2.45) is 0 Å². The van der Waals surface area contributed by atoms with Gasteiger partial charge < -0.3 is 15.5 Å². The highest BCUT2D eigenvalue weighted by atomic mass is 16.4. The van der Waals surface area contributed by atoms with E-state index in [0.29, 0.717) is 5.56 Å². The number of phenols is 1. The van der Waals surface area contributed by atoms with E-state index in [0.717, 1.165) is 0 Å². The first-order valence-electron chi connectivity index (χ1n) is 6.79. The number of benzene rings is 2. The zero-order valence-electron chi connectivity index (χ0n) is 12.6. The van der Waals surface area contributed by atoms with E-state index < -0.39 is 11.8 Å². The maximum absolute atomic E-state index is 12.7. The minimum atomic E-state index is -1.23. The third-order valence-corrected chi connectivity index (χ3v) is 3.29. The molecule has 0 saturated heterocycles. The van der Waals surface area contributed by atoms with Crippen molar-refractivity contribution in [2.45, 2.75) is 13.8 Å². The van der Waals surface area contributed by atoms with Crippen LogP contribution < -0.4 is 5.32 Å². The molecule has 0 bridgehead atoms. The fraction of sp³-hybridized carbons (Fsp3) is 0.118. The van der Waals surface area contributed by atoms with Crippen LogP contribution in [0.15, 0.2) is 36.4 Å². The lowest BCUT2D eigenvalue weighted by molar-refractivity contribution is -0.114. The number of carbonyl (C=O) groups excluding carboxylic acids is 2. The summed E-state index contributed by atoms with van der Waals surface area (Å²) in [7, 11) is 0. The van der Waals surface area contributed by atoms with Crippen LogP contribution in [0.1, 0.15) is 38.8 Å². The Kier molecular flexibility index (Phi) is 4.45. The van der Waals surface area contributed by atoms with Gasteiger partial charge in [0.2, 0.25) is 5.91 Å². The Hall–Kier alpha value is -3.15. The third kappa shape index (κ3) is 3.37. The molecular formula is C17H15NO5. The van der Waals surface area contributed by atoms with Gasteiger partial charge in [-0.25, -0.2) is 4.79 Å². The van der Waals surface area contributed by atoms with Gasteiger partial charge in [-0.2, -0.15) is 0 Å². The van der Waals surface area contributed by atoms with Gasteiger partial charge in [0.1, 0.15) is 5.75 Å². The molecule has 23 heavy (non-hydrogen) atoms. The van der Waals surface area contributed by atoms with Crippen molar-refractivity contribution in [2.75, 3.05) is 5.32 Å². The fourth-order valence-electron chi connectivity index (χ4n) is 2.19. The number of carboxylic acid groups (broad SMARTS) is 1. The molecule has 0 radical (unpaired) electrons. The first-order chi connectivity index (χ1) is 10.8. The van der Waals surface area contributed by atoms with Crippen LogP contribution in [0.5, 0.6) is 5.75 Å². The summed E-state index contributed by atoms with van der Waals surface area (Å²) in [4.78, 5) is 35.3. The predicted molar refractivity (Wildman–Crippen MR) is 84.0 cm³/mol. The van der Waals surface area contributed by atoms with Crippen LogP contribution in [0.2, 0.25) is 0 Å². The molecule has 0 aliphatic rings. The number of aromatic carboxylic acids is 1. The van der Waals surface area contributed by atoms with Gasteiger partial charge in [0.15, 0.2) is 5.78 Å². The number of nitrogens with one attached hydrogen (secondary N) is 1. The molecule has 0 aromatic heterocycles. The van der Waals surface area contributed by atoms with Crippen molar-refractivity contribution in [3.05, 3.63) is 58.7 Å². The highest BCUT2D eigenvalue weighted by Crippen LogP contribution is 2.28. The zero-order chi connectivity index (χ0) is 17.1. The van der Waals surface area contributed by atoms with Crippen molar-refractivity contribution in [1.82, 2.24) is 0 Å². The average molecular weight is 313 g/mol. The second kappa shape index (κ2) is 6.31. The molecule has 0 fully saturated rings. The van der Waals surface area contributed by atoms with Gasteiger partial charge in [0.25, 0.3) is 0 Å². The van der Waals surface area contributed by atoms with E-state index in [1.807, 2.05) is 0 Å². The third-order valence-electron chi connectivity index (χ3n) is 3.29. The minimum Gasteiger partial charge on any atom is -0.508 e. The van der Waals surface area contributed by atoms with Crippen molar-refractivity contribution < 1.29 is 24.6 Å². The topological polar surface area (TPSA) is 104 Å². The van der Waals surface area contributed by atoms with E-state index in [-0.39, 0.29) is 34.0 Å². The standard InChI is InChI=1S/C17H15NO5/c1-9-7-14(18-10(2)19)13(8-15(9)20)16(21)11-5-3-4-6-12(11)17(22)23/h3-8,20H,1-2H3,(H,18,19)(H,22,23). The number of amides is 1. The second-order valence-electron chi connectivity index (χ2n) is 5.05. The summed E-state index contributed by atoms with van der Waals surface area (Å²) in [5.74, 6) is -2.32. The minimum absolute atomic E-state index is 0.0187. The molecule has 0 atom stereocenters. The molecule has 0 unspecified atom stereocenters. The summed E-state index contributed by atoms with van der Waals surface area (Å²) < 4.78 is 0. The summed E-state index contributed by atoms with van der Waals surface area (Å²) in [5.41, 5.74) is 0.563. The highest BCUT2D eigenvalue weighted by molar-refractivity contribution is 6.17. The van der Waals surface area contributed by atoms with Gasteiger partial charge in [-0.1, -0.05) is 18.2 Å². The molecule has 0 aliphatic heterocycles. The Bertz CT molecular complexity index is 811. The molecule has 6 heteroatoms. The number of anilines is 1. The first kappa shape index (κ1) is 16.2. The molecule has 118 valence electrons. The zero-order valence-corrected chi connectivity index (χ0v) is 12.6. The summed E-state index contributed by atoms with van der Waals surface area (Å²) in [6, 6.07) is 8.46. The molecule has 0 saturated carbocycles. The van der Waals surface area contributed by atoms with Gasteiger partial charge in [-0.05, 0) is 30.7 Å². The number of phenolic OH excluding ortho intramolecular Hbond substituents is 1. The number of hydrogen-bond acceptors (Lipinski definition) is 4. The SMILES string of the molecule is CC(=O)Nc1cc(C)c(O)cc1C(=O)c1ccccc1C(=O)O. The van der Waals surface area contributed by atoms with Gasteiger partial charge in [-0.15, -0.1) is 0 Å². The van der Waals surface area contributed by atoms with E-state index in [1.54, 1.807) is 13.0 Å². The number of carbonyl (C=O) groups is 3. The molecule has 2 aromatic carbocycles. The Morgan fingerprint density at radius 1 is 1.00 bits per heavy atom. The number of ketones is 1. The quantitative estimate of drug-likeness (QED) is 0.594. The molecule has 2 rings (SSSR count). The van der Waals surface area contributed by atoms with Crippen molar-refractivity contribution >= 4 is 23.3 Å². The number of hydrogen-bond donors (Lipinski definition) is 3. The van der Waals surface area contributed by atoms with E-state index in [4.69, 9.17) is 0 Å². The van der Waals surface area contributed by atoms with Crippen LogP contribution in [-0.2, 0) is 4.79 Å². The molecule has 0 heterocycles. The van der Waals surface area contributed by atoms with E-state index in [1.165, 1.54) is 37.3 Å². The van der Waals surface area contributed by atoms with Crippen molar-refractivity contribution in [3.8, 4) is 5.75 Å². The molecular weight excluding hydrogens is 298 g/mol. The van der Waals surface area contributed by atoms with Gasteiger partial charge in [0.05, 0.1) is 11.3 Å². The number of carboxylic acids is 1. The monoisotopic (exact) mass is 313 g/mol. The van der Waals surface area contributed by atoms with Crippen LogP contribution >= 0.6 is 0 Å². The normalized spacial score (nSPS) is 10.2. The second-order valence-corrected chi connectivity index (χ2v) is 5.05. The summed E-state index contributed by atoms with van der Waals surface area (Å²) >= 11 is 0. The average Bonchev–Trinajstić information content (AvgIpc) is 2.49. The number of rotatable bonds is 4. The van der Waals surface area contributed by atoms with Gasteiger partial charge in [-0.3, -0.25) is 9.59 Å². The number of aryl methyl sites for hydroxylation is 1. The van der Waals surface area contributed by atoms with E-state index in [9.17, 15) is 24.6 Å². The predicted octanol–water partition coefficient (Wildman–Crippen LogP) is 2.59. The van der Waals surface area contributed by atoms with Gasteiger partial charge in [0, 0.05) is 18.1 Å². The smallest absolute Gasteiger partial charge is 0.336 e. The van der Waals surface area contributed by atoms with Crippen LogP contribution in [-0.4, -0.2) is 27.9 Å².